The highest BCUT2D eigenvalue weighted by Gasteiger charge is 2.43. The highest BCUT2D eigenvalue weighted by atomic mass is 16.7. The molecule has 0 bridgehead atoms. The van der Waals surface area contributed by atoms with Crippen molar-refractivity contribution in [3.05, 3.63) is 0 Å². The fourth-order valence-electron chi connectivity index (χ4n) is 2.06. The van der Waals surface area contributed by atoms with Crippen LogP contribution in [-0.4, -0.2) is 54.5 Å². The van der Waals surface area contributed by atoms with Crippen LogP contribution in [0.1, 0.15) is 46.8 Å². The van der Waals surface area contributed by atoms with Gasteiger partial charge in [-0.2, -0.15) is 0 Å². The first-order valence-corrected chi connectivity index (χ1v) is 7.14. The fourth-order valence-corrected chi connectivity index (χ4v) is 2.06. The molecular weight excluding hydrogens is 264 g/mol. The minimum absolute atomic E-state index is 0.193. The molecule has 20 heavy (non-hydrogen) atoms. The largest absolute Gasteiger partial charge is 0.463 e. The molecule has 0 radical (unpaired) electrons. The maximum Gasteiger partial charge on any atom is 0.305 e. The number of hydrogen-bond acceptors (Lipinski definition) is 6. The zero-order valence-electron chi connectivity index (χ0n) is 13.2. The average molecular weight is 291 g/mol. The molecule has 1 aliphatic heterocycles. The van der Waals surface area contributed by atoms with Crippen LogP contribution in [-0.2, 0) is 19.0 Å². The van der Waals surface area contributed by atoms with Crippen LogP contribution >= 0.6 is 0 Å². The van der Waals surface area contributed by atoms with Crippen molar-refractivity contribution in [3.63, 3.8) is 0 Å². The summed E-state index contributed by atoms with van der Waals surface area (Å²) in [6, 6.07) is 0. The van der Waals surface area contributed by atoms with Crippen LogP contribution in [0.2, 0.25) is 0 Å². The average Bonchev–Trinajstić information content (AvgIpc) is 2.76. The molecular formula is C14H26O6. The van der Waals surface area contributed by atoms with Gasteiger partial charge in [0.05, 0.1) is 0 Å². The lowest BCUT2D eigenvalue weighted by Crippen LogP contribution is -2.35. The molecule has 6 heteroatoms. The summed E-state index contributed by atoms with van der Waals surface area (Å²) in [5.41, 5.74) is 0. The standard InChI is InChI=1S/C14H26O6/c1-3-4-5-6-7-8-11(15)19-9-10-12(16)13(17)14(18-2)20-10/h10,12-14,16-17H,3-9H2,1-2H3/t10-,12-,13+,14?/m1/s1/i8D/t8?,10-,12-,13+,14?. The van der Waals surface area contributed by atoms with E-state index >= 15 is 0 Å². The Labute approximate surface area is 121 Å². The number of carbonyl (C=O) groups is 1. The van der Waals surface area contributed by atoms with Crippen LogP contribution in [0.15, 0.2) is 0 Å². The van der Waals surface area contributed by atoms with Crippen molar-refractivity contribution in [1.82, 2.24) is 0 Å². The maximum absolute atomic E-state index is 11.7. The maximum atomic E-state index is 11.7. The van der Waals surface area contributed by atoms with Gasteiger partial charge in [-0.1, -0.05) is 32.6 Å². The zero-order chi connectivity index (χ0) is 15.8. The number of unbranched alkanes of at least 4 members (excludes halogenated alkanes) is 3. The molecule has 0 aromatic rings. The van der Waals surface area contributed by atoms with Crippen LogP contribution in [0.3, 0.4) is 0 Å². The second-order valence-electron chi connectivity index (χ2n) is 4.94. The van der Waals surface area contributed by atoms with E-state index in [-0.39, 0.29) is 6.61 Å². The van der Waals surface area contributed by atoms with Gasteiger partial charge in [0, 0.05) is 14.9 Å². The van der Waals surface area contributed by atoms with E-state index in [4.69, 9.17) is 15.6 Å². The predicted octanol–water partition coefficient (Wildman–Crippen LogP) is 0.983. The second-order valence-corrected chi connectivity index (χ2v) is 4.94. The molecule has 2 unspecified atom stereocenters. The van der Waals surface area contributed by atoms with E-state index in [1.54, 1.807) is 0 Å². The van der Waals surface area contributed by atoms with Crippen LogP contribution in [0.25, 0.3) is 0 Å². The van der Waals surface area contributed by atoms with Gasteiger partial charge in [-0.3, -0.25) is 4.79 Å². The van der Waals surface area contributed by atoms with Gasteiger partial charge in [0.25, 0.3) is 0 Å². The van der Waals surface area contributed by atoms with E-state index in [2.05, 4.69) is 6.92 Å². The molecule has 1 saturated heterocycles. The lowest BCUT2D eigenvalue weighted by Gasteiger charge is -2.14. The Morgan fingerprint density at radius 2 is 1.95 bits per heavy atom. The summed E-state index contributed by atoms with van der Waals surface area (Å²) >= 11 is 0. The molecule has 0 spiro atoms. The molecule has 0 aromatic heterocycles. The molecule has 1 aliphatic rings. The van der Waals surface area contributed by atoms with Crippen molar-refractivity contribution < 1.29 is 30.6 Å². The Morgan fingerprint density at radius 3 is 2.55 bits per heavy atom. The van der Waals surface area contributed by atoms with Crippen molar-refractivity contribution in [1.29, 1.82) is 0 Å². The van der Waals surface area contributed by atoms with E-state index in [1.165, 1.54) is 7.11 Å². The third-order valence-electron chi connectivity index (χ3n) is 3.31. The Hall–Kier alpha value is -0.690. The smallest absolute Gasteiger partial charge is 0.305 e. The van der Waals surface area contributed by atoms with Crippen molar-refractivity contribution in [2.75, 3.05) is 13.7 Å². The van der Waals surface area contributed by atoms with Crippen LogP contribution in [0.4, 0.5) is 0 Å². The SMILES string of the molecule is [2H]C(CCCCCC)C(=O)OC[C@H]1OC(OC)[C@@H](O)[C@@H]1O. The van der Waals surface area contributed by atoms with Crippen LogP contribution < -0.4 is 0 Å². The van der Waals surface area contributed by atoms with E-state index < -0.39 is 37.0 Å². The summed E-state index contributed by atoms with van der Waals surface area (Å²) in [5.74, 6) is -0.627. The molecule has 0 aliphatic carbocycles. The number of carbonyl (C=O) groups excluding carboxylic acids is 1. The number of esters is 1. The Morgan fingerprint density at radius 1 is 1.25 bits per heavy atom. The summed E-state index contributed by atoms with van der Waals surface area (Å²) in [4.78, 5) is 11.7. The van der Waals surface area contributed by atoms with E-state index in [1.807, 2.05) is 0 Å². The first-order valence-electron chi connectivity index (χ1n) is 7.72. The number of methoxy groups -OCH3 is 1. The van der Waals surface area contributed by atoms with Crippen LogP contribution in [0.5, 0.6) is 0 Å². The molecule has 0 amide bonds. The molecule has 118 valence electrons. The number of aliphatic hydroxyl groups excluding tert-OH is 2. The van der Waals surface area contributed by atoms with Gasteiger partial charge in [-0.25, -0.2) is 0 Å². The lowest BCUT2D eigenvalue weighted by atomic mass is 10.1. The monoisotopic (exact) mass is 291 g/mol. The fraction of sp³-hybridized carbons (Fsp3) is 0.929. The highest BCUT2D eigenvalue weighted by molar-refractivity contribution is 5.69. The molecule has 5 atom stereocenters. The van der Waals surface area contributed by atoms with E-state index in [0.29, 0.717) is 6.42 Å². The summed E-state index contributed by atoms with van der Waals surface area (Å²) < 4.78 is 22.7. The molecule has 1 fully saturated rings. The normalized spacial score (nSPS) is 31.9. The van der Waals surface area contributed by atoms with E-state index in [0.717, 1.165) is 25.7 Å². The third kappa shape index (κ3) is 5.36. The van der Waals surface area contributed by atoms with E-state index in [9.17, 15) is 15.0 Å². The summed E-state index contributed by atoms with van der Waals surface area (Å²) in [7, 11) is 1.35. The quantitative estimate of drug-likeness (QED) is 0.486. The highest BCUT2D eigenvalue weighted by Crippen LogP contribution is 2.22. The molecule has 0 saturated carbocycles. The Balaban J connectivity index is 2.26. The van der Waals surface area contributed by atoms with Gasteiger partial charge < -0.3 is 24.4 Å². The summed E-state index contributed by atoms with van der Waals surface area (Å²) in [6.45, 7) is 1.91. The van der Waals surface area contributed by atoms with Gasteiger partial charge in [0.1, 0.15) is 24.9 Å². The Bertz CT molecular complexity index is 314. The zero-order valence-corrected chi connectivity index (χ0v) is 12.2. The number of aliphatic hydroxyl groups is 2. The van der Waals surface area contributed by atoms with Crippen LogP contribution in [0, 0.1) is 0 Å². The summed E-state index contributed by atoms with van der Waals surface area (Å²) in [5, 5.41) is 19.3. The number of ether oxygens (including phenoxy) is 3. The second kappa shape index (κ2) is 9.28. The topological polar surface area (TPSA) is 85.2 Å². The molecule has 0 aromatic carbocycles. The number of rotatable bonds is 9. The van der Waals surface area contributed by atoms with Crippen molar-refractivity contribution in [3.8, 4) is 0 Å². The third-order valence-corrected chi connectivity index (χ3v) is 3.31. The first-order chi connectivity index (χ1) is 10.0. The minimum atomic E-state index is -1.17. The van der Waals surface area contributed by atoms with Crippen molar-refractivity contribution >= 4 is 5.97 Å². The lowest BCUT2D eigenvalue weighted by molar-refractivity contribution is -0.165. The van der Waals surface area contributed by atoms with Gasteiger partial charge in [0.15, 0.2) is 6.29 Å². The molecule has 1 rings (SSSR count). The Kier molecular flexibility index (Phi) is 7.28. The number of hydrogen-bond donors (Lipinski definition) is 2. The minimum Gasteiger partial charge on any atom is -0.463 e. The van der Waals surface area contributed by atoms with Gasteiger partial charge in [-0.15, -0.1) is 0 Å². The first kappa shape index (κ1) is 15.7. The van der Waals surface area contributed by atoms with Gasteiger partial charge in [0.2, 0.25) is 0 Å². The predicted molar refractivity (Wildman–Crippen MR) is 72.0 cm³/mol. The van der Waals surface area contributed by atoms with Gasteiger partial charge in [-0.05, 0) is 6.42 Å². The van der Waals surface area contributed by atoms with Crippen molar-refractivity contribution in [2.45, 2.75) is 70.0 Å². The van der Waals surface area contributed by atoms with Gasteiger partial charge >= 0.3 is 5.97 Å². The molecule has 1 heterocycles. The molecule has 6 nitrogen and oxygen atoms in total. The van der Waals surface area contributed by atoms with Crippen molar-refractivity contribution in [2.24, 2.45) is 0 Å². The summed E-state index contributed by atoms with van der Waals surface area (Å²) in [6.07, 6.45) is -0.510. The molecule has 2 N–H and O–H groups in total.